The highest BCUT2D eigenvalue weighted by Gasteiger charge is 2.28. The molecule has 1 aromatic carbocycles. The van der Waals surface area contributed by atoms with Gasteiger partial charge in [-0.15, -0.1) is 0 Å². The van der Waals surface area contributed by atoms with Gasteiger partial charge < -0.3 is 10.2 Å². The summed E-state index contributed by atoms with van der Waals surface area (Å²) in [6.07, 6.45) is 1.06. The van der Waals surface area contributed by atoms with Gasteiger partial charge in [-0.1, -0.05) is 18.2 Å². The molecule has 0 radical (unpaired) electrons. The third-order valence-corrected chi connectivity index (χ3v) is 3.71. The number of hydrogen-bond acceptors (Lipinski definition) is 4. The van der Waals surface area contributed by atoms with Gasteiger partial charge in [-0.05, 0) is 45.7 Å². The molecule has 1 aliphatic heterocycles. The van der Waals surface area contributed by atoms with Crippen LogP contribution in [0.3, 0.4) is 0 Å². The summed E-state index contributed by atoms with van der Waals surface area (Å²) in [6, 6.07) is 11.4. The minimum Gasteiger partial charge on any atom is -0.352 e. The van der Waals surface area contributed by atoms with Crippen LogP contribution in [-0.4, -0.2) is 22.1 Å². The third kappa shape index (κ3) is 2.71. The van der Waals surface area contributed by atoms with Crippen LogP contribution in [0, 0.1) is 6.92 Å². The predicted molar refractivity (Wildman–Crippen MR) is 87.3 cm³/mol. The number of para-hydroxylation sites is 1. The lowest BCUT2D eigenvalue weighted by Gasteiger charge is -2.24. The maximum absolute atomic E-state index is 4.71. The molecule has 1 unspecified atom stereocenters. The first kappa shape index (κ1) is 13.9. The number of nitrogens with one attached hydrogen (secondary N) is 1. The molecule has 110 valence electrons. The standard InChI is InChI=1S/C17H22N4/c1-11(2)18-17-19-12(3)9-16(20-17)21-13(4)10-14-7-5-6-8-15(14)21/h5-9,11,13H,10H2,1-4H3,(H,18,19,20). The van der Waals surface area contributed by atoms with Crippen LogP contribution >= 0.6 is 0 Å². The van der Waals surface area contributed by atoms with E-state index in [2.05, 4.69) is 66.3 Å². The van der Waals surface area contributed by atoms with E-state index in [1.165, 1.54) is 11.3 Å². The second-order valence-corrected chi connectivity index (χ2v) is 6.04. The summed E-state index contributed by atoms with van der Waals surface area (Å²) in [7, 11) is 0. The van der Waals surface area contributed by atoms with Gasteiger partial charge in [0.15, 0.2) is 0 Å². The Morgan fingerprint density at radius 2 is 2.00 bits per heavy atom. The van der Waals surface area contributed by atoms with E-state index in [0.717, 1.165) is 17.9 Å². The molecule has 2 aromatic rings. The Morgan fingerprint density at radius 3 is 2.76 bits per heavy atom. The highest BCUT2D eigenvalue weighted by Crippen LogP contribution is 2.37. The van der Waals surface area contributed by atoms with Crippen molar-refractivity contribution in [2.75, 3.05) is 10.2 Å². The molecule has 0 fully saturated rings. The number of nitrogens with zero attached hydrogens (tertiary/aromatic N) is 3. The van der Waals surface area contributed by atoms with Crippen molar-refractivity contribution in [3.05, 3.63) is 41.6 Å². The van der Waals surface area contributed by atoms with Crippen molar-refractivity contribution in [3.63, 3.8) is 0 Å². The summed E-state index contributed by atoms with van der Waals surface area (Å²) in [6.45, 7) is 8.45. The minimum atomic E-state index is 0.322. The van der Waals surface area contributed by atoms with Crippen LogP contribution in [0.5, 0.6) is 0 Å². The molecule has 1 N–H and O–H groups in total. The smallest absolute Gasteiger partial charge is 0.225 e. The van der Waals surface area contributed by atoms with Gasteiger partial charge in [0, 0.05) is 29.5 Å². The van der Waals surface area contributed by atoms with Gasteiger partial charge >= 0.3 is 0 Å². The van der Waals surface area contributed by atoms with Gasteiger partial charge in [-0.2, -0.15) is 4.98 Å². The maximum atomic E-state index is 4.71. The number of aryl methyl sites for hydroxylation is 1. The van der Waals surface area contributed by atoms with E-state index in [0.29, 0.717) is 18.0 Å². The lowest BCUT2D eigenvalue weighted by molar-refractivity contribution is 0.747. The van der Waals surface area contributed by atoms with Gasteiger partial charge in [0.2, 0.25) is 5.95 Å². The van der Waals surface area contributed by atoms with Crippen LogP contribution in [-0.2, 0) is 6.42 Å². The van der Waals surface area contributed by atoms with Crippen LogP contribution in [0.2, 0.25) is 0 Å². The number of benzene rings is 1. The van der Waals surface area contributed by atoms with Gasteiger partial charge in [-0.25, -0.2) is 4.98 Å². The normalized spacial score (nSPS) is 17.2. The summed E-state index contributed by atoms with van der Waals surface area (Å²) >= 11 is 0. The van der Waals surface area contributed by atoms with Crippen molar-refractivity contribution >= 4 is 17.5 Å². The number of aromatic nitrogens is 2. The Hall–Kier alpha value is -2.10. The Labute approximate surface area is 126 Å². The van der Waals surface area contributed by atoms with Crippen LogP contribution in [0.4, 0.5) is 17.5 Å². The summed E-state index contributed by atoms with van der Waals surface area (Å²) in [5.74, 6) is 1.68. The van der Waals surface area contributed by atoms with Crippen LogP contribution < -0.4 is 10.2 Å². The van der Waals surface area contributed by atoms with Crippen molar-refractivity contribution in [2.24, 2.45) is 0 Å². The molecule has 0 spiro atoms. The fourth-order valence-corrected chi connectivity index (χ4v) is 2.91. The molecule has 0 bridgehead atoms. The number of fused-ring (bicyclic) bond motifs is 1. The molecule has 0 amide bonds. The van der Waals surface area contributed by atoms with E-state index in [1.807, 2.05) is 6.92 Å². The molecule has 0 aliphatic carbocycles. The van der Waals surface area contributed by atoms with Gasteiger partial charge in [0.05, 0.1) is 0 Å². The fourth-order valence-electron chi connectivity index (χ4n) is 2.91. The zero-order chi connectivity index (χ0) is 15.0. The van der Waals surface area contributed by atoms with E-state index in [4.69, 9.17) is 4.98 Å². The summed E-state index contributed by atoms with van der Waals surface area (Å²) < 4.78 is 0. The molecular weight excluding hydrogens is 260 g/mol. The van der Waals surface area contributed by atoms with E-state index in [9.17, 15) is 0 Å². The molecule has 3 rings (SSSR count). The molecule has 1 aromatic heterocycles. The van der Waals surface area contributed by atoms with Crippen molar-refractivity contribution in [1.82, 2.24) is 9.97 Å². The molecule has 4 heteroatoms. The number of rotatable bonds is 3. The SMILES string of the molecule is Cc1cc(N2c3ccccc3CC2C)nc(NC(C)C)n1. The Morgan fingerprint density at radius 1 is 1.24 bits per heavy atom. The first-order valence-corrected chi connectivity index (χ1v) is 7.54. The summed E-state index contributed by atoms with van der Waals surface area (Å²) in [5, 5.41) is 3.30. The Bertz CT molecular complexity index is 651. The molecule has 0 saturated carbocycles. The average molecular weight is 282 g/mol. The molecular formula is C17H22N4. The summed E-state index contributed by atoms with van der Waals surface area (Å²) in [5.41, 5.74) is 3.64. The topological polar surface area (TPSA) is 41.1 Å². The Kier molecular flexibility index (Phi) is 3.53. The molecule has 1 atom stereocenters. The molecule has 0 saturated heterocycles. The second-order valence-electron chi connectivity index (χ2n) is 6.04. The largest absolute Gasteiger partial charge is 0.352 e. The van der Waals surface area contributed by atoms with Crippen LogP contribution in [0.1, 0.15) is 32.0 Å². The highest BCUT2D eigenvalue weighted by molar-refractivity contribution is 5.69. The first-order chi connectivity index (χ1) is 10.0. The molecule has 1 aliphatic rings. The predicted octanol–water partition coefficient (Wildman–Crippen LogP) is 3.69. The number of anilines is 3. The second kappa shape index (κ2) is 5.35. The van der Waals surface area contributed by atoms with E-state index >= 15 is 0 Å². The van der Waals surface area contributed by atoms with Crippen molar-refractivity contribution in [2.45, 2.75) is 46.2 Å². The van der Waals surface area contributed by atoms with E-state index in [1.54, 1.807) is 0 Å². The van der Waals surface area contributed by atoms with E-state index < -0.39 is 0 Å². The monoisotopic (exact) mass is 282 g/mol. The van der Waals surface area contributed by atoms with Crippen LogP contribution in [0.25, 0.3) is 0 Å². The molecule has 2 heterocycles. The quantitative estimate of drug-likeness (QED) is 0.932. The maximum Gasteiger partial charge on any atom is 0.225 e. The average Bonchev–Trinajstić information content (AvgIpc) is 2.72. The molecule has 4 nitrogen and oxygen atoms in total. The van der Waals surface area contributed by atoms with Crippen molar-refractivity contribution in [3.8, 4) is 0 Å². The zero-order valence-corrected chi connectivity index (χ0v) is 13.1. The minimum absolute atomic E-state index is 0.322. The fraction of sp³-hybridized carbons (Fsp3) is 0.412. The van der Waals surface area contributed by atoms with Crippen molar-refractivity contribution in [1.29, 1.82) is 0 Å². The highest BCUT2D eigenvalue weighted by atomic mass is 15.3. The van der Waals surface area contributed by atoms with Crippen LogP contribution in [0.15, 0.2) is 30.3 Å². The summed E-state index contributed by atoms with van der Waals surface area (Å²) in [4.78, 5) is 11.5. The third-order valence-electron chi connectivity index (χ3n) is 3.71. The number of hydrogen-bond donors (Lipinski definition) is 1. The van der Waals surface area contributed by atoms with E-state index in [-0.39, 0.29) is 0 Å². The van der Waals surface area contributed by atoms with Gasteiger partial charge in [0.25, 0.3) is 0 Å². The van der Waals surface area contributed by atoms with Gasteiger partial charge in [-0.3, -0.25) is 0 Å². The van der Waals surface area contributed by atoms with Crippen molar-refractivity contribution < 1.29 is 0 Å². The first-order valence-electron chi connectivity index (χ1n) is 7.54. The lowest BCUT2D eigenvalue weighted by atomic mass is 10.1. The molecule has 21 heavy (non-hydrogen) atoms. The van der Waals surface area contributed by atoms with Gasteiger partial charge in [0.1, 0.15) is 5.82 Å². The lowest BCUT2D eigenvalue weighted by Crippen LogP contribution is -2.25. The Balaban J connectivity index is 2.02. The zero-order valence-electron chi connectivity index (χ0n) is 13.1.